The van der Waals surface area contributed by atoms with E-state index in [0.29, 0.717) is 12.1 Å². The molecule has 0 aliphatic carbocycles. The van der Waals surface area contributed by atoms with Crippen LogP contribution in [-0.2, 0) is 11.2 Å². The second-order valence-electron chi connectivity index (χ2n) is 7.03. The molecular weight excluding hydrogens is 449 g/mol. The number of aliphatic imine (C=N–C) groups is 1. The Morgan fingerprint density at radius 2 is 2.36 bits per heavy atom. The number of hydrogen-bond donors (Lipinski definition) is 2. The molecule has 3 rings (SSSR count). The van der Waals surface area contributed by atoms with Crippen molar-refractivity contribution in [3.8, 4) is 0 Å². The lowest BCUT2D eigenvalue weighted by Crippen LogP contribution is -2.52. The van der Waals surface area contributed by atoms with Gasteiger partial charge in [0.05, 0.1) is 11.9 Å². The van der Waals surface area contributed by atoms with Crippen LogP contribution in [0.3, 0.4) is 0 Å². The Morgan fingerprint density at radius 3 is 3.04 bits per heavy atom. The maximum absolute atomic E-state index is 6.12. The number of rotatable bonds is 5. The molecule has 5 nitrogen and oxygen atoms in total. The van der Waals surface area contributed by atoms with Gasteiger partial charge in [0, 0.05) is 37.4 Å². The topological polar surface area (TPSA) is 58.8 Å². The second kappa shape index (κ2) is 10.1. The van der Waals surface area contributed by atoms with Crippen molar-refractivity contribution in [1.29, 1.82) is 0 Å². The molecule has 7 heteroatoms. The highest BCUT2D eigenvalue weighted by atomic mass is 127. The van der Waals surface area contributed by atoms with Crippen molar-refractivity contribution in [3.63, 3.8) is 0 Å². The third-order valence-corrected chi connectivity index (χ3v) is 5.76. The summed E-state index contributed by atoms with van der Waals surface area (Å²) in [6, 6.07) is 4.71. The van der Waals surface area contributed by atoms with Crippen LogP contribution in [0.25, 0.3) is 0 Å². The Balaban J connectivity index is 0.00000225. The van der Waals surface area contributed by atoms with Gasteiger partial charge in [-0.25, -0.2) is 0 Å². The molecular formula is C18H30IN3O2S. The molecule has 0 amide bonds. The smallest absolute Gasteiger partial charge is 0.191 e. The van der Waals surface area contributed by atoms with Gasteiger partial charge in [-0.05, 0) is 51.0 Å². The van der Waals surface area contributed by atoms with Gasteiger partial charge in [-0.2, -0.15) is 11.8 Å². The zero-order valence-electron chi connectivity index (χ0n) is 15.1. The van der Waals surface area contributed by atoms with Gasteiger partial charge < -0.3 is 19.8 Å². The quantitative estimate of drug-likeness (QED) is 0.385. The number of nitrogens with zero attached hydrogens (tertiary/aromatic N) is 1. The number of hydrogen-bond acceptors (Lipinski definition) is 4. The number of ether oxygens (including phenoxy) is 1. The Kier molecular flexibility index (Phi) is 8.41. The van der Waals surface area contributed by atoms with E-state index in [2.05, 4.69) is 24.5 Å². The maximum Gasteiger partial charge on any atom is 0.191 e. The number of nitrogens with one attached hydrogen (secondary N) is 2. The van der Waals surface area contributed by atoms with E-state index >= 15 is 0 Å². The van der Waals surface area contributed by atoms with E-state index < -0.39 is 0 Å². The fraction of sp³-hybridized carbons (Fsp3) is 0.722. The fourth-order valence-electron chi connectivity index (χ4n) is 3.35. The summed E-state index contributed by atoms with van der Waals surface area (Å²) in [5, 5.41) is 7.09. The van der Waals surface area contributed by atoms with Crippen LogP contribution in [0.2, 0.25) is 0 Å². The summed E-state index contributed by atoms with van der Waals surface area (Å²) in [7, 11) is 0. The minimum Gasteiger partial charge on any atom is -0.469 e. The third-order valence-electron chi connectivity index (χ3n) is 4.53. The Bertz CT molecular complexity index is 530. The minimum absolute atomic E-state index is 0. The molecule has 2 N–H and O–H groups in total. The van der Waals surface area contributed by atoms with Crippen LogP contribution in [0, 0.1) is 0 Å². The standard InChI is InChI=1S/C18H29N3O2S.HI/c1-14(2)20-17(19-8-5-16-4-3-9-22-16)21-15-6-10-23-18(12-15)7-11-24-13-18;/h3-4,9,14-15H,5-8,10-13H2,1-2H3,(H2,19,20,21);1H. The average Bonchev–Trinajstić information content (AvgIpc) is 3.19. The first-order chi connectivity index (χ1) is 11.7. The van der Waals surface area contributed by atoms with Crippen LogP contribution in [0.15, 0.2) is 27.8 Å². The summed E-state index contributed by atoms with van der Waals surface area (Å²) < 4.78 is 11.5. The molecule has 0 radical (unpaired) electrons. The first-order valence-electron chi connectivity index (χ1n) is 8.97. The van der Waals surface area contributed by atoms with Gasteiger partial charge in [-0.1, -0.05) is 0 Å². The molecule has 0 saturated carbocycles. The highest BCUT2D eigenvalue weighted by Gasteiger charge is 2.40. The SMILES string of the molecule is CC(C)NC(=NCCc1ccco1)NC1CCOC2(CCSC2)C1.I. The van der Waals surface area contributed by atoms with E-state index in [1.807, 2.05) is 23.9 Å². The van der Waals surface area contributed by atoms with Crippen LogP contribution in [0.4, 0.5) is 0 Å². The van der Waals surface area contributed by atoms with Gasteiger partial charge in [-0.15, -0.1) is 24.0 Å². The summed E-state index contributed by atoms with van der Waals surface area (Å²) in [6.45, 7) is 5.85. The van der Waals surface area contributed by atoms with Crippen molar-refractivity contribution in [1.82, 2.24) is 10.6 Å². The Morgan fingerprint density at radius 1 is 1.48 bits per heavy atom. The van der Waals surface area contributed by atoms with E-state index in [4.69, 9.17) is 14.1 Å². The third kappa shape index (κ3) is 6.36. The monoisotopic (exact) mass is 479 g/mol. The van der Waals surface area contributed by atoms with Crippen molar-refractivity contribution in [3.05, 3.63) is 24.2 Å². The Hall–Kier alpha value is -0.410. The molecule has 25 heavy (non-hydrogen) atoms. The lowest BCUT2D eigenvalue weighted by atomic mass is 9.90. The molecule has 2 saturated heterocycles. The molecule has 1 spiro atoms. The van der Waals surface area contributed by atoms with Crippen molar-refractivity contribution in [2.75, 3.05) is 24.7 Å². The summed E-state index contributed by atoms with van der Waals surface area (Å²) in [6.07, 6.45) is 5.84. The lowest BCUT2D eigenvalue weighted by Gasteiger charge is -2.38. The van der Waals surface area contributed by atoms with Crippen molar-refractivity contribution in [2.24, 2.45) is 4.99 Å². The van der Waals surface area contributed by atoms with Gasteiger partial charge in [-0.3, -0.25) is 4.99 Å². The van der Waals surface area contributed by atoms with E-state index in [0.717, 1.165) is 49.9 Å². The minimum atomic E-state index is 0. The molecule has 2 atom stereocenters. The van der Waals surface area contributed by atoms with Crippen LogP contribution < -0.4 is 10.6 Å². The van der Waals surface area contributed by atoms with Crippen LogP contribution in [0.5, 0.6) is 0 Å². The number of thioether (sulfide) groups is 1. The van der Waals surface area contributed by atoms with Crippen LogP contribution >= 0.6 is 35.7 Å². The predicted octanol–water partition coefficient (Wildman–Crippen LogP) is 3.44. The zero-order valence-corrected chi connectivity index (χ0v) is 18.3. The van der Waals surface area contributed by atoms with Crippen molar-refractivity contribution >= 4 is 41.7 Å². The van der Waals surface area contributed by atoms with Crippen LogP contribution in [-0.4, -0.2) is 48.3 Å². The fourth-order valence-corrected chi connectivity index (χ4v) is 4.72. The molecule has 1 aromatic rings. The number of guanidine groups is 1. The second-order valence-corrected chi connectivity index (χ2v) is 8.13. The first-order valence-corrected chi connectivity index (χ1v) is 10.1. The van der Waals surface area contributed by atoms with Gasteiger partial charge in [0.1, 0.15) is 5.76 Å². The molecule has 2 aliphatic heterocycles. The molecule has 2 fully saturated rings. The molecule has 0 bridgehead atoms. The molecule has 1 aromatic heterocycles. The summed E-state index contributed by atoms with van der Waals surface area (Å²) in [5.41, 5.74) is 0.0949. The van der Waals surface area contributed by atoms with Crippen molar-refractivity contribution < 1.29 is 9.15 Å². The summed E-state index contributed by atoms with van der Waals surface area (Å²) in [5.74, 6) is 4.24. The molecule has 2 unspecified atom stereocenters. The largest absolute Gasteiger partial charge is 0.469 e. The predicted molar refractivity (Wildman–Crippen MR) is 115 cm³/mol. The highest BCUT2D eigenvalue weighted by Crippen LogP contribution is 2.38. The molecule has 0 aromatic carbocycles. The zero-order chi connectivity index (χ0) is 16.8. The van der Waals surface area contributed by atoms with E-state index in [1.165, 1.54) is 12.2 Å². The van der Waals surface area contributed by atoms with Gasteiger partial charge in [0.15, 0.2) is 5.96 Å². The van der Waals surface area contributed by atoms with Crippen molar-refractivity contribution in [2.45, 2.75) is 57.2 Å². The highest BCUT2D eigenvalue weighted by molar-refractivity contribution is 14.0. The average molecular weight is 479 g/mol. The molecule has 3 heterocycles. The van der Waals surface area contributed by atoms with E-state index in [-0.39, 0.29) is 29.6 Å². The maximum atomic E-state index is 6.12. The van der Waals surface area contributed by atoms with Crippen LogP contribution in [0.1, 0.15) is 38.9 Å². The number of halogens is 1. The molecule has 2 aliphatic rings. The first kappa shape index (κ1) is 20.9. The number of furan rings is 1. The van der Waals surface area contributed by atoms with E-state index in [1.54, 1.807) is 6.26 Å². The van der Waals surface area contributed by atoms with E-state index in [9.17, 15) is 0 Å². The van der Waals surface area contributed by atoms with Gasteiger partial charge >= 0.3 is 0 Å². The van der Waals surface area contributed by atoms with Gasteiger partial charge in [0.2, 0.25) is 0 Å². The Labute approximate surface area is 172 Å². The normalized spacial score (nSPS) is 26.7. The summed E-state index contributed by atoms with van der Waals surface area (Å²) >= 11 is 2.01. The molecule has 142 valence electrons. The summed E-state index contributed by atoms with van der Waals surface area (Å²) in [4.78, 5) is 4.74. The van der Waals surface area contributed by atoms with Gasteiger partial charge in [0.25, 0.3) is 0 Å². The lowest BCUT2D eigenvalue weighted by molar-refractivity contribution is -0.0679.